The largest absolute Gasteiger partial charge is 0.397 e. The van der Waals surface area contributed by atoms with Gasteiger partial charge in [-0.2, -0.15) is 5.26 Å². The Morgan fingerprint density at radius 3 is 2.84 bits per heavy atom. The van der Waals surface area contributed by atoms with E-state index in [0.717, 1.165) is 25.3 Å². The first-order valence-corrected chi connectivity index (χ1v) is 6.25. The standard InChI is InChI=1S/C15H14N4/c16-8-13-7-14(17)9-18-15(13)19-6-5-11-3-1-2-4-12(11)10-19/h1-4,7,9H,5-6,10,17H2. The number of hydrogen-bond donors (Lipinski definition) is 1. The zero-order chi connectivity index (χ0) is 13.2. The fraction of sp³-hybridized carbons (Fsp3) is 0.200. The van der Waals surface area contributed by atoms with Crippen LogP contribution in [-0.2, 0) is 13.0 Å². The zero-order valence-corrected chi connectivity index (χ0v) is 10.5. The first-order valence-electron chi connectivity index (χ1n) is 6.25. The number of nitriles is 1. The van der Waals surface area contributed by atoms with E-state index in [2.05, 4.69) is 34.2 Å². The van der Waals surface area contributed by atoms with Crippen molar-refractivity contribution in [3.63, 3.8) is 0 Å². The highest BCUT2D eigenvalue weighted by atomic mass is 15.2. The van der Waals surface area contributed by atoms with Crippen LogP contribution in [0.4, 0.5) is 11.5 Å². The minimum Gasteiger partial charge on any atom is -0.397 e. The molecule has 0 aliphatic carbocycles. The SMILES string of the molecule is N#Cc1cc(N)cnc1N1CCc2ccccc2C1. The number of rotatable bonds is 1. The molecule has 0 saturated carbocycles. The van der Waals surface area contributed by atoms with Crippen LogP contribution in [0.3, 0.4) is 0 Å². The minimum absolute atomic E-state index is 0.526. The smallest absolute Gasteiger partial charge is 0.146 e. The Labute approximate surface area is 112 Å². The third-order valence-corrected chi connectivity index (χ3v) is 3.44. The number of anilines is 2. The topological polar surface area (TPSA) is 65.9 Å². The molecule has 3 rings (SSSR count). The van der Waals surface area contributed by atoms with E-state index in [1.165, 1.54) is 11.1 Å². The number of nitrogens with zero attached hydrogens (tertiary/aromatic N) is 3. The van der Waals surface area contributed by atoms with E-state index in [0.29, 0.717) is 11.3 Å². The molecule has 2 heterocycles. The lowest BCUT2D eigenvalue weighted by atomic mass is 9.99. The van der Waals surface area contributed by atoms with Gasteiger partial charge in [0, 0.05) is 13.1 Å². The van der Waals surface area contributed by atoms with Gasteiger partial charge in [-0.1, -0.05) is 24.3 Å². The molecule has 1 aromatic heterocycles. The van der Waals surface area contributed by atoms with Gasteiger partial charge >= 0.3 is 0 Å². The van der Waals surface area contributed by atoms with Crippen molar-refractivity contribution in [1.29, 1.82) is 5.26 Å². The average Bonchev–Trinajstić information content (AvgIpc) is 2.46. The maximum Gasteiger partial charge on any atom is 0.146 e. The van der Waals surface area contributed by atoms with Gasteiger partial charge in [-0.15, -0.1) is 0 Å². The third-order valence-electron chi connectivity index (χ3n) is 3.44. The second kappa shape index (κ2) is 4.62. The normalized spacial score (nSPS) is 13.7. The summed E-state index contributed by atoms with van der Waals surface area (Å²) < 4.78 is 0. The molecule has 2 N–H and O–H groups in total. The first kappa shape index (κ1) is 11.5. The monoisotopic (exact) mass is 250 g/mol. The average molecular weight is 250 g/mol. The van der Waals surface area contributed by atoms with E-state index < -0.39 is 0 Å². The van der Waals surface area contributed by atoms with Gasteiger partial charge in [0.2, 0.25) is 0 Å². The van der Waals surface area contributed by atoms with Gasteiger partial charge in [-0.25, -0.2) is 4.98 Å². The van der Waals surface area contributed by atoms with Crippen LogP contribution < -0.4 is 10.6 Å². The maximum absolute atomic E-state index is 9.20. The molecule has 0 unspecified atom stereocenters. The molecule has 0 spiro atoms. The fourth-order valence-corrected chi connectivity index (χ4v) is 2.48. The molecule has 19 heavy (non-hydrogen) atoms. The summed E-state index contributed by atoms with van der Waals surface area (Å²) in [4.78, 5) is 6.46. The molecule has 1 aliphatic heterocycles. The molecule has 4 heteroatoms. The van der Waals surface area contributed by atoms with Crippen LogP contribution in [0.5, 0.6) is 0 Å². The highest BCUT2D eigenvalue weighted by Crippen LogP contribution is 2.26. The molecule has 94 valence electrons. The molecule has 0 fully saturated rings. The predicted octanol–water partition coefficient (Wildman–Crippen LogP) is 2.10. The van der Waals surface area contributed by atoms with Gasteiger partial charge in [0.25, 0.3) is 0 Å². The molecule has 0 atom stereocenters. The van der Waals surface area contributed by atoms with Crippen molar-refractivity contribution in [2.45, 2.75) is 13.0 Å². The first-order chi connectivity index (χ1) is 9.28. The van der Waals surface area contributed by atoms with Crippen molar-refractivity contribution >= 4 is 11.5 Å². The number of benzene rings is 1. The van der Waals surface area contributed by atoms with Crippen molar-refractivity contribution < 1.29 is 0 Å². The quantitative estimate of drug-likeness (QED) is 0.841. The van der Waals surface area contributed by atoms with E-state index >= 15 is 0 Å². The number of nitrogens with two attached hydrogens (primary N) is 1. The molecule has 1 aliphatic rings. The summed E-state index contributed by atoms with van der Waals surface area (Å²) in [6.45, 7) is 1.67. The number of nitrogen functional groups attached to an aromatic ring is 1. The van der Waals surface area contributed by atoms with Crippen molar-refractivity contribution in [1.82, 2.24) is 4.98 Å². The van der Waals surface area contributed by atoms with E-state index in [-0.39, 0.29) is 0 Å². The van der Waals surface area contributed by atoms with Crippen molar-refractivity contribution in [3.05, 3.63) is 53.2 Å². The van der Waals surface area contributed by atoms with Gasteiger partial charge in [0.15, 0.2) is 0 Å². The van der Waals surface area contributed by atoms with Crippen molar-refractivity contribution in [2.75, 3.05) is 17.2 Å². The van der Waals surface area contributed by atoms with Gasteiger partial charge in [-0.05, 0) is 23.6 Å². The molecule has 2 aromatic rings. The Morgan fingerprint density at radius 2 is 2.05 bits per heavy atom. The second-order valence-corrected chi connectivity index (χ2v) is 4.69. The summed E-state index contributed by atoms with van der Waals surface area (Å²) >= 11 is 0. The minimum atomic E-state index is 0.526. The highest BCUT2D eigenvalue weighted by Gasteiger charge is 2.19. The lowest BCUT2D eigenvalue weighted by molar-refractivity contribution is 0.720. The van der Waals surface area contributed by atoms with Crippen molar-refractivity contribution in [2.24, 2.45) is 0 Å². The van der Waals surface area contributed by atoms with Gasteiger partial charge in [0.1, 0.15) is 11.9 Å². The molecule has 0 amide bonds. The van der Waals surface area contributed by atoms with Gasteiger partial charge < -0.3 is 10.6 Å². The molecular formula is C15H14N4. The summed E-state index contributed by atoms with van der Waals surface area (Å²) in [5.41, 5.74) is 9.43. The molecule has 0 bridgehead atoms. The molecule has 0 radical (unpaired) electrons. The molecule has 1 aromatic carbocycles. The van der Waals surface area contributed by atoms with Crippen LogP contribution in [0.15, 0.2) is 36.5 Å². The lowest BCUT2D eigenvalue weighted by Gasteiger charge is -2.30. The summed E-state index contributed by atoms with van der Waals surface area (Å²) in [7, 11) is 0. The summed E-state index contributed by atoms with van der Waals surface area (Å²) in [6, 6.07) is 12.3. The van der Waals surface area contributed by atoms with Crippen LogP contribution in [-0.4, -0.2) is 11.5 Å². The Morgan fingerprint density at radius 1 is 1.26 bits per heavy atom. The summed E-state index contributed by atoms with van der Waals surface area (Å²) in [6.07, 6.45) is 2.59. The van der Waals surface area contributed by atoms with E-state index in [9.17, 15) is 5.26 Å². The van der Waals surface area contributed by atoms with Crippen LogP contribution in [0.25, 0.3) is 0 Å². The van der Waals surface area contributed by atoms with Crippen molar-refractivity contribution in [3.8, 4) is 6.07 Å². The van der Waals surface area contributed by atoms with Gasteiger partial charge in [-0.3, -0.25) is 0 Å². The lowest BCUT2D eigenvalue weighted by Crippen LogP contribution is -2.31. The number of aromatic nitrogens is 1. The van der Waals surface area contributed by atoms with E-state index in [4.69, 9.17) is 5.73 Å². The maximum atomic E-state index is 9.20. The number of pyridine rings is 1. The van der Waals surface area contributed by atoms with E-state index in [1.807, 2.05) is 6.07 Å². The Hall–Kier alpha value is -2.54. The Bertz CT molecular complexity index is 657. The van der Waals surface area contributed by atoms with Crippen LogP contribution in [0, 0.1) is 11.3 Å². The zero-order valence-electron chi connectivity index (χ0n) is 10.5. The van der Waals surface area contributed by atoms with Crippen LogP contribution in [0.2, 0.25) is 0 Å². The van der Waals surface area contributed by atoms with Crippen LogP contribution in [0.1, 0.15) is 16.7 Å². The third kappa shape index (κ3) is 2.11. The molecular weight excluding hydrogens is 236 g/mol. The fourth-order valence-electron chi connectivity index (χ4n) is 2.48. The van der Waals surface area contributed by atoms with Gasteiger partial charge in [0.05, 0.1) is 17.4 Å². The Kier molecular flexibility index (Phi) is 2.81. The summed E-state index contributed by atoms with van der Waals surface area (Å²) in [5.74, 6) is 0.728. The van der Waals surface area contributed by atoms with Crippen LogP contribution >= 0.6 is 0 Å². The summed E-state index contributed by atoms with van der Waals surface area (Å²) in [5, 5.41) is 9.20. The predicted molar refractivity (Wildman–Crippen MR) is 74.6 cm³/mol. The highest BCUT2D eigenvalue weighted by molar-refractivity contribution is 5.59. The molecule has 0 saturated heterocycles. The number of fused-ring (bicyclic) bond motifs is 1. The number of hydrogen-bond acceptors (Lipinski definition) is 4. The van der Waals surface area contributed by atoms with E-state index in [1.54, 1.807) is 12.3 Å². The second-order valence-electron chi connectivity index (χ2n) is 4.69. The Balaban J connectivity index is 1.96. The molecule has 4 nitrogen and oxygen atoms in total.